The maximum Gasteiger partial charge on any atom is 0.152 e. The third-order valence-electron chi connectivity index (χ3n) is 3.41. The van der Waals surface area contributed by atoms with Gasteiger partial charge in [0, 0.05) is 24.7 Å². The van der Waals surface area contributed by atoms with Crippen LogP contribution in [0.25, 0.3) is 0 Å². The average molecular weight is 304 g/mol. The minimum atomic E-state index is -2.83. The number of aliphatic hydroxyl groups is 1. The zero-order chi connectivity index (χ0) is 13.9. The number of halogens is 1. The minimum Gasteiger partial charge on any atom is -0.388 e. The van der Waals surface area contributed by atoms with Crippen molar-refractivity contribution < 1.29 is 13.5 Å². The van der Waals surface area contributed by atoms with E-state index in [1.165, 1.54) is 0 Å². The Balaban J connectivity index is 1.81. The van der Waals surface area contributed by atoms with Crippen LogP contribution in [-0.4, -0.2) is 49.6 Å². The van der Waals surface area contributed by atoms with Crippen molar-refractivity contribution in [3.63, 3.8) is 0 Å². The molecule has 1 fully saturated rings. The van der Waals surface area contributed by atoms with Gasteiger partial charge >= 0.3 is 0 Å². The quantitative estimate of drug-likeness (QED) is 0.916. The van der Waals surface area contributed by atoms with E-state index in [4.69, 9.17) is 11.6 Å². The summed E-state index contributed by atoms with van der Waals surface area (Å²) in [6.45, 7) is 1.84. The van der Waals surface area contributed by atoms with Crippen LogP contribution in [-0.2, 0) is 9.84 Å². The summed E-state index contributed by atoms with van der Waals surface area (Å²) in [5, 5.41) is 10.7. The molecule has 1 aromatic carbocycles. The number of aliphatic hydroxyl groups excluding tert-OH is 1. The lowest BCUT2D eigenvalue weighted by atomic mass is 10.1. The van der Waals surface area contributed by atoms with Crippen molar-refractivity contribution in [1.82, 2.24) is 4.90 Å². The van der Waals surface area contributed by atoms with Crippen LogP contribution in [0.3, 0.4) is 0 Å². The Hall–Kier alpha value is -0.620. The van der Waals surface area contributed by atoms with Crippen LogP contribution in [0.4, 0.5) is 0 Å². The molecular formula is C13H18ClNO3S. The molecule has 1 aliphatic rings. The molecule has 1 heterocycles. The summed E-state index contributed by atoms with van der Waals surface area (Å²) in [5.74, 6) is 0.452. The van der Waals surface area contributed by atoms with Crippen molar-refractivity contribution in [3.05, 3.63) is 34.9 Å². The molecule has 0 aliphatic carbocycles. The maximum absolute atomic E-state index is 11.3. The molecule has 0 aromatic heterocycles. The van der Waals surface area contributed by atoms with Gasteiger partial charge in [-0.2, -0.15) is 0 Å². The molecule has 1 unspecified atom stereocenters. The predicted molar refractivity (Wildman–Crippen MR) is 76.1 cm³/mol. The lowest BCUT2D eigenvalue weighted by Gasteiger charge is -2.27. The molecule has 6 heteroatoms. The Bertz CT molecular complexity index is 501. The van der Waals surface area contributed by atoms with E-state index in [0.717, 1.165) is 5.56 Å². The van der Waals surface area contributed by atoms with E-state index in [-0.39, 0.29) is 11.5 Å². The number of benzene rings is 1. The van der Waals surface area contributed by atoms with E-state index < -0.39 is 15.9 Å². The van der Waals surface area contributed by atoms with Gasteiger partial charge < -0.3 is 10.0 Å². The molecule has 0 bridgehead atoms. The monoisotopic (exact) mass is 303 g/mol. The Morgan fingerprint density at radius 2 is 1.79 bits per heavy atom. The van der Waals surface area contributed by atoms with Crippen molar-refractivity contribution in [2.45, 2.75) is 12.5 Å². The van der Waals surface area contributed by atoms with E-state index in [2.05, 4.69) is 4.90 Å². The Labute approximate surface area is 118 Å². The van der Waals surface area contributed by atoms with E-state index in [1.807, 2.05) is 12.1 Å². The van der Waals surface area contributed by atoms with Crippen molar-refractivity contribution >= 4 is 21.4 Å². The van der Waals surface area contributed by atoms with E-state index in [0.29, 0.717) is 31.1 Å². The number of hydrogen-bond donors (Lipinski definition) is 1. The molecular weight excluding hydrogens is 286 g/mol. The third kappa shape index (κ3) is 4.45. The number of nitrogens with zero attached hydrogens (tertiary/aromatic N) is 1. The molecule has 1 atom stereocenters. The van der Waals surface area contributed by atoms with Gasteiger partial charge in [0.15, 0.2) is 9.84 Å². The zero-order valence-corrected chi connectivity index (χ0v) is 12.2. The van der Waals surface area contributed by atoms with Crippen LogP contribution < -0.4 is 0 Å². The van der Waals surface area contributed by atoms with Crippen LogP contribution in [0, 0.1) is 0 Å². The molecule has 1 N–H and O–H groups in total. The summed E-state index contributed by atoms with van der Waals surface area (Å²) < 4.78 is 22.6. The van der Waals surface area contributed by atoms with Gasteiger partial charge in [-0.3, -0.25) is 0 Å². The second-order valence-corrected chi connectivity index (χ2v) is 7.59. The molecule has 1 aliphatic heterocycles. The molecule has 0 spiro atoms. The van der Waals surface area contributed by atoms with Gasteiger partial charge in [0.05, 0.1) is 17.6 Å². The maximum atomic E-state index is 11.3. The number of hydrogen-bond acceptors (Lipinski definition) is 4. The summed E-state index contributed by atoms with van der Waals surface area (Å²) in [4.78, 5) is 2.08. The van der Waals surface area contributed by atoms with Crippen LogP contribution >= 0.6 is 11.6 Å². The largest absolute Gasteiger partial charge is 0.388 e. The molecule has 106 valence electrons. The Morgan fingerprint density at radius 3 is 2.37 bits per heavy atom. The average Bonchev–Trinajstić information content (AvgIpc) is 2.38. The lowest BCUT2D eigenvalue weighted by Crippen LogP contribution is -2.40. The van der Waals surface area contributed by atoms with Gasteiger partial charge in [-0.1, -0.05) is 23.7 Å². The van der Waals surface area contributed by atoms with Gasteiger partial charge in [-0.25, -0.2) is 8.42 Å². The highest BCUT2D eigenvalue weighted by Gasteiger charge is 2.21. The van der Waals surface area contributed by atoms with E-state index in [9.17, 15) is 13.5 Å². The lowest BCUT2D eigenvalue weighted by molar-refractivity contribution is 0.144. The van der Waals surface area contributed by atoms with Crippen molar-refractivity contribution in [1.29, 1.82) is 0 Å². The second-order valence-electron chi connectivity index (χ2n) is 4.85. The van der Waals surface area contributed by atoms with Crippen molar-refractivity contribution in [2.75, 3.05) is 31.1 Å². The number of sulfone groups is 1. The standard InChI is InChI=1S/C13H18ClNO3S/c14-12-3-1-11(2-4-12)13(16)5-6-15-7-9-19(17,18)10-8-15/h1-4,13,16H,5-10H2. The van der Waals surface area contributed by atoms with E-state index in [1.54, 1.807) is 12.1 Å². The molecule has 0 amide bonds. The van der Waals surface area contributed by atoms with Crippen molar-refractivity contribution in [2.24, 2.45) is 0 Å². The first-order valence-corrected chi connectivity index (χ1v) is 8.52. The van der Waals surface area contributed by atoms with Gasteiger partial charge in [-0.15, -0.1) is 0 Å². The molecule has 2 rings (SSSR count). The first-order chi connectivity index (χ1) is 8.96. The van der Waals surface area contributed by atoms with E-state index >= 15 is 0 Å². The summed E-state index contributed by atoms with van der Waals surface area (Å²) in [6.07, 6.45) is 0.0672. The number of rotatable bonds is 4. The van der Waals surface area contributed by atoms with Gasteiger partial charge in [0.25, 0.3) is 0 Å². The fourth-order valence-electron chi connectivity index (χ4n) is 2.13. The second kappa shape index (κ2) is 6.22. The first kappa shape index (κ1) is 14.8. The van der Waals surface area contributed by atoms with Crippen LogP contribution in [0.15, 0.2) is 24.3 Å². The fraction of sp³-hybridized carbons (Fsp3) is 0.538. The zero-order valence-electron chi connectivity index (χ0n) is 10.6. The summed E-state index contributed by atoms with van der Waals surface area (Å²) in [6, 6.07) is 7.14. The van der Waals surface area contributed by atoms with Gasteiger partial charge in [0.2, 0.25) is 0 Å². The SMILES string of the molecule is O=S1(=O)CCN(CCC(O)c2ccc(Cl)cc2)CC1. The molecule has 0 radical (unpaired) electrons. The molecule has 1 saturated heterocycles. The molecule has 0 saturated carbocycles. The minimum absolute atomic E-state index is 0.226. The predicted octanol–water partition coefficient (Wildman–Crippen LogP) is 1.49. The van der Waals surface area contributed by atoms with Gasteiger partial charge in [-0.05, 0) is 24.1 Å². The normalized spacial score (nSPS) is 21.2. The van der Waals surface area contributed by atoms with Gasteiger partial charge in [0.1, 0.15) is 0 Å². The highest BCUT2D eigenvalue weighted by atomic mass is 35.5. The highest BCUT2D eigenvalue weighted by Crippen LogP contribution is 2.19. The Morgan fingerprint density at radius 1 is 1.21 bits per heavy atom. The topological polar surface area (TPSA) is 57.6 Å². The summed E-state index contributed by atoms with van der Waals surface area (Å²) in [5.41, 5.74) is 0.842. The van der Waals surface area contributed by atoms with Crippen molar-refractivity contribution in [3.8, 4) is 0 Å². The highest BCUT2D eigenvalue weighted by molar-refractivity contribution is 7.91. The summed E-state index contributed by atoms with van der Waals surface area (Å²) >= 11 is 5.80. The molecule has 4 nitrogen and oxygen atoms in total. The Kier molecular flexibility index (Phi) is 4.84. The summed E-state index contributed by atoms with van der Waals surface area (Å²) in [7, 11) is -2.83. The molecule has 1 aromatic rings. The third-order valence-corrected chi connectivity index (χ3v) is 5.27. The van der Waals surface area contributed by atoms with Crippen LogP contribution in [0.2, 0.25) is 5.02 Å². The van der Waals surface area contributed by atoms with Crippen LogP contribution in [0.1, 0.15) is 18.1 Å². The van der Waals surface area contributed by atoms with Crippen LogP contribution in [0.5, 0.6) is 0 Å². The smallest absolute Gasteiger partial charge is 0.152 e. The fourth-order valence-corrected chi connectivity index (χ4v) is 3.53. The molecule has 19 heavy (non-hydrogen) atoms. The first-order valence-electron chi connectivity index (χ1n) is 6.32.